The average molecular weight is 336 g/mol. The third kappa shape index (κ3) is 8.62. The highest BCUT2D eigenvalue weighted by Crippen LogP contribution is 2.22. The van der Waals surface area contributed by atoms with E-state index in [0.29, 0.717) is 0 Å². The highest BCUT2D eigenvalue weighted by Gasteiger charge is 2.34. The van der Waals surface area contributed by atoms with Crippen LogP contribution in [-0.4, -0.2) is 44.6 Å². The lowest BCUT2D eigenvalue weighted by atomic mass is 10.5. The van der Waals surface area contributed by atoms with E-state index in [4.69, 9.17) is 4.12 Å². The summed E-state index contributed by atoms with van der Waals surface area (Å²) in [5.41, 5.74) is 0. The molecule has 0 fully saturated rings. The second-order valence-electron chi connectivity index (χ2n) is 8.52. The van der Waals surface area contributed by atoms with Gasteiger partial charge in [-0.1, -0.05) is 39.3 Å². The Balaban J connectivity index is 4.44. The minimum atomic E-state index is -1.39. The second kappa shape index (κ2) is 7.17. The van der Waals surface area contributed by atoms with Crippen LogP contribution in [0.3, 0.4) is 0 Å². The first-order valence-corrected chi connectivity index (χ1v) is 20.5. The van der Waals surface area contributed by atoms with Crippen molar-refractivity contribution in [1.29, 1.82) is 0 Å². The molecule has 0 saturated heterocycles. The van der Waals surface area contributed by atoms with E-state index in [1.807, 2.05) is 0 Å². The molecule has 0 saturated carbocycles. The van der Waals surface area contributed by atoms with Gasteiger partial charge in [0.15, 0.2) is 17.4 Å². The van der Waals surface area contributed by atoms with Gasteiger partial charge in [0, 0.05) is 0 Å². The average Bonchev–Trinajstić information content (AvgIpc) is 2.05. The highest BCUT2D eigenvalue weighted by molar-refractivity contribution is 6.89. The van der Waals surface area contributed by atoms with Gasteiger partial charge in [0.25, 0.3) is 0 Å². The fourth-order valence-corrected chi connectivity index (χ4v) is 19.3. The summed E-state index contributed by atoms with van der Waals surface area (Å²) in [5.74, 6) is 0. The first-order chi connectivity index (χ1) is 8.26. The Morgan fingerprint density at radius 1 is 0.842 bits per heavy atom. The molecule has 6 heteroatoms. The number of nitrogens with zero attached hydrogens (tertiary/aromatic N) is 1. The summed E-state index contributed by atoms with van der Waals surface area (Å²) < 4.78 is 9.17. The molecule has 0 aromatic rings. The van der Waals surface area contributed by atoms with Crippen molar-refractivity contribution in [3.05, 3.63) is 0 Å². The molecule has 0 N–H and O–H groups in total. The molecule has 0 atom stereocenters. The molecule has 0 heterocycles. The van der Waals surface area contributed by atoms with Crippen LogP contribution in [0.4, 0.5) is 0 Å². The van der Waals surface area contributed by atoms with Crippen LogP contribution >= 0.6 is 0 Å². The van der Waals surface area contributed by atoms with Gasteiger partial charge in [-0.25, -0.2) is 0 Å². The van der Waals surface area contributed by atoms with Crippen molar-refractivity contribution in [2.24, 2.45) is 0 Å². The fourth-order valence-electron chi connectivity index (χ4n) is 3.04. The van der Waals surface area contributed by atoms with Gasteiger partial charge in [0.1, 0.15) is 16.5 Å². The standard InChI is InChI=1S/C13H37NOSi4/c1-16(2)15-19(9,10)13-11-12-14(17(3,4)5)18(6,7)8/h16H,11-13H2,1-10H3. The molecule has 0 aliphatic carbocycles. The molecular formula is C13H37NOSi4. The molecule has 0 bridgehead atoms. The minimum Gasteiger partial charge on any atom is -0.458 e. The summed E-state index contributed by atoms with van der Waals surface area (Å²) in [7, 11) is -4.59. The monoisotopic (exact) mass is 335 g/mol. The molecule has 2 nitrogen and oxygen atoms in total. The predicted octanol–water partition coefficient (Wildman–Crippen LogP) is 4.55. The van der Waals surface area contributed by atoms with Crippen molar-refractivity contribution < 1.29 is 4.12 Å². The zero-order chi connectivity index (χ0) is 15.5. The normalized spacial score (nSPS) is 14.5. The van der Waals surface area contributed by atoms with Crippen LogP contribution in [0.1, 0.15) is 6.42 Å². The summed E-state index contributed by atoms with van der Waals surface area (Å²) in [6.07, 6.45) is 1.33. The van der Waals surface area contributed by atoms with Crippen LogP contribution in [0.2, 0.25) is 71.5 Å². The maximum absolute atomic E-state index is 6.27. The van der Waals surface area contributed by atoms with Crippen molar-refractivity contribution in [1.82, 2.24) is 4.23 Å². The number of rotatable bonds is 8. The largest absolute Gasteiger partial charge is 0.458 e. The van der Waals surface area contributed by atoms with Crippen molar-refractivity contribution in [2.45, 2.75) is 77.9 Å². The Labute approximate surface area is 127 Å². The van der Waals surface area contributed by atoms with E-state index in [9.17, 15) is 0 Å². The molecule has 116 valence electrons. The Hall–Kier alpha value is 0.788. The third-order valence-electron chi connectivity index (χ3n) is 3.33. The summed E-state index contributed by atoms with van der Waals surface area (Å²) in [5, 5.41) is 0. The van der Waals surface area contributed by atoms with E-state index < -0.39 is 33.8 Å². The van der Waals surface area contributed by atoms with Gasteiger partial charge in [-0.05, 0) is 45.2 Å². The first kappa shape index (κ1) is 19.8. The van der Waals surface area contributed by atoms with E-state index >= 15 is 0 Å². The minimum absolute atomic E-state index is 0.864. The van der Waals surface area contributed by atoms with Crippen LogP contribution in [0.5, 0.6) is 0 Å². The van der Waals surface area contributed by atoms with Gasteiger partial charge in [0.2, 0.25) is 0 Å². The van der Waals surface area contributed by atoms with Crippen LogP contribution in [0, 0.1) is 0 Å². The predicted molar refractivity (Wildman–Crippen MR) is 100 cm³/mol. The van der Waals surface area contributed by atoms with E-state index in [-0.39, 0.29) is 0 Å². The summed E-state index contributed by atoms with van der Waals surface area (Å²) in [6.45, 7) is 25.6. The Kier molecular flexibility index (Phi) is 7.47. The van der Waals surface area contributed by atoms with Gasteiger partial charge in [-0.15, -0.1) is 0 Å². The van der Waals surface area contributed by atoms with Crippen LogP contribution in [0.25, 0.3) is 0 Å². The Morgan fingerprint density at radius 3 is 1.58 bits per heavy atom. The van der Waals surface area contributed by atoms with Gasteiger partial charge in [-0.3, -0.25) is 0 Å². The molecule has 0 unspecified atom stereocenters. The Bertz CT molecular complexity index is 255. The van der Waals surface area contributed by atoms with E-state index in [1.165, 1.54) is 19.0 Å². The molecule has 0 rings (SSSR count). The van der Waals surface area contributed by atoms with Gasteiger partial charge < -0.3 is 8.35 Å². The molecule has 0 aromatic carbocycles. The maximum atomic E-state index is 6.27. The zero-order valence-corrected chi connectivity index (χ0v) is 19.2. The zero-order valence-electron chi connectivity index (χ0n) is 15.1. The Morgan fingerprint density at radius 2 is 1.26 bits per heavy atom. The lowest BCUT2D eigenvalue weighted by molar-refractivity contribution is 0.545. The van der Waals surface area contributed by atoms with Gasteiger partial charge in [0.05, 0.1) is 0 Å². The van der Waals surface area contributed by atoms with Crippen LogP contribution in [0.15, 0.2) is 0 Å². The molecule has 0 aliphatic rings. The molecule has 19 heavy (non-hydrogen) atoms. The lowest BCUT2D eigenvalue weighted by Gasteiger charge is -2.44. The van der Waals surface area contributed by atoms with Crippen molar-refractivity contribution >= 4 is 33.8 Å². The van der Waals surface area contributed by atoms with Gasteiger partial charge in [-0.2, -0.15) is 0 Å². The smallest absolute Gasteiger partial charge is 0.173 e. The molecule has 0 radical (unpaired) electrons. The fraction of sp³-hybridized carbons (Fsp3) is 1.00. The number of hydrogen-bond acceptors (Lipinski definition) is 2. The van der Waals surface area contributed by atoms with E-state index in [0.717, 1.165) is 0 Å². The summed E-state index contributed by atoms with van der Waals surface area (Å²) in [6, 6.07) is 1.32. The first-order valence-electron chi connectivity index (χ1n) is 7.71. The maximum Gasteiger partial charge on any atom is 0.173 e. The van der Waals surface area contributed by atoms with Crippen molar-refractivity contribution in [2.75, 3.05) is 6.54 Å². The summed E-state index contributed by atoms with van der Waals surface area (Å²) >= 11 is 0. The van der Waals surface area contributed by atoms with E-state index in [1.54, 1.807) is 0 Å². The van der Waals surface area contributed by atoms with E-state index in [2.05, 4.69) is 69.7 Å². The third-order valence-corrected chi connectivity index (χ3v) is 17.0. The lowest BCUT2D eigenvalue weighted by Crippen LogP contribution is -2.59. The molecule has 0 aromatic heterocycles. The molecule has 0 amide bonds. The summed E-state index contributed by atoms with van der Waals surface area (Å²) in [4.78, 5) is 0. The quantitative estimate of drug-likeness (QED) is 0.603. The topological polar surface area (TPSA) is 12.5 Å². The van der Waals surface area contributed by atoms with Crippen molar-refractivity contribution in [3.63, 3.8) is 0 Å². The highest BCUT2D eigenvalue weighted by atomic mass is 28.4. The molecule has 0 aliphatic heterocycles. The molecule has 0 spiro atoms. The van der Waals surface area contributed by atoms with Gasteiger partial charge >= 0.3 is 0 Å². The van der Waals surface area contributed by atoms with Crippen LogP contribution in [-0.2, 0) is 4.12 Å². The second-order valence-corrected chi connectivity index (χ2v) is 25.8. The number of hydrogen-bond donors (Lipinski definition) is 0. The SMILES string of the molecule is C[SiH](C)O[Si](C)(C)CCCN([Si](C)(C)C)[Si](C)(C)C. The van der Waals surface area contributed by atoms with Crippen molar-refractivity contribution in [3.8, 4) is 0 Å². The van der Waals surface area contributed by atoms with Crippen LogP contribution < -0.4 is 0 Å². The molecular weight excluding hydrogens is 298 g/mol.